The Kier molecular flexibility index (Phi) is 4.44. The summed E-state index contributed by atoms with van der Waals surface area (Å²) in [6.07, 6.45) is 6.91. The van der Waals surface area contributed by atoms with Crippen molar-refractivity contribution in [2.75, 3.05) is 33.7 Å². The molecule has 3 aromatic rings. The van der Waals surface area contributed by atoms with Crippen LogP contribution in [0.15, 0.2) is 30.6 Å². The van der Waals surface area contributed by atoms with Crippen molar-refractivity contribution in [3.63, 3.8) is 0 Å². The van der Waals surface area contributed by atoms with Crippen molar-refractivity contribution in [3.8, 4) is 5.82 Å². The molecule has 0 aromatic carbocycles. The molecule has 140 valence electrons. The highest BCUT2D eigenvalue weighted by Gasteiger charge is 2.17. The first-order chi connectivity index (χ1) is 13.0. The molecular formula is C18H22N8O. The van der Waals surface area contributed by atoms with Gasteiger partial charge in [0.15, 0.2) is 17.3 Å². The van der Waals surface area contributed by atoms with Gasteiger partial charge in [-0.05, 0) is 31.1 Å². The van der Waals surface area contributed by atoms with Crippen molar-refractivity contribution in [2.24, 2.45) is 0 Å². The Balaban J connectivity index is 1.50. The number of rotatable bonds is 4. The lowest BCUT2D eigenvalue weighted by Crippen LogP contribution is -2.38. The highest BCUT2D eigenvalue weighted by atomic mass is 16.2. The van der Waals surface area contributed by atoms with Gasteiger partial charge in [-0.1, -0.05) is 6.08 Å². The molecule has 1 aliphatic rings. The third-order valence-electron chi connectivity index (χ3n) is 4.74. The quantitative estimate of drug-likeness (QED) is 0.679. The van der Waals surface area contributed by atoms with Crippen molar-refractivity contribution in [1.29, 1.82) is 0 Å². The maximum Gasteiger partial charge on any atom is 0.236 e. The Bertz CT molecular complexity index is 1020. The van der Waals surface area contributed by atoms with Crippen LogP contribution in [-0.2, 0) is 4.79 Å². The number of aromatic nitrogens is 6. The molecule has 0 N–H and O–H groups in total. The van der Waals surface area contributed by atoms with Gasteiger partial charge in [0.05, 0.1) is 12.7 Å². The predicted octanol–water partition coefficient (Wildman–Crippen LogP) is 0.796. The monoisotopic (exact) mass is 366 g/mol. The number of hydrogen-bond donors (Lipinski definition) is 0. The zero-order chi connectivity index (χ0) is 19.0. The largest absolute Gasteiger partial charge is 0.348 e. The van der Waals surface area contributed by atoms with E-state index in [1.807, 2.05) is 31.5 Å². The Labute approximate surface area is 156 Å². The minimum absolute atomic E-state index is 0.130. The van der Waals surface area contributed by atoms with Gasteiger partial charge in [-0.2, -0.15) is 9.61 Å². The molecule has 0 atom stereocenters. The smallest absolute Gasteiger partial charge is 0.236 e. The number of likely N-dealkylation sites (N-methyl/N-ethyl adjacent to an activating group) is 1. The van der Waals surface area contributed by atoms with Gasteiger partial charge in [0.2, 0.25) is 5.91 Å². The van der Waals surface area contributed by atoms with Crippen molar-refractivity contribution in [2.45, 2.75) is 13.3 Å². The number of aryl methyl sites for hydroxylation is 1. The standard InChI is InChI=1S/C18H22N8O/c1-13-20-21-16-4-5-17(22-26(13)16)25-11-15(10-19-25)14-6-8-24(9-7-14)12-18(27)23(2)3/h4-6,10-11H,7-9,12H2,1-3H3. The Morgan fingerprint density at radius 1 is 1.26 bits per heavy atom. The molecule has 0 fully saturated rings. The third kappa shape index (κ3) is 3.45. The second-order valence-corrected chi connectivity index (χ2v) is 6.88. The van der Waals surface area contributed by atoms with Crippen molar-refractivity contribution >= 4 is 17.1 Å². The number of fused-ring (bicyclic) bond motifs is 1. The van der Waals surface area contributed by atoms with Crippen molar-refractivity contribution < 1.29 is 4.79 Å². The lowest BCUT2D eigenvalue weighted by molar-refractivity contribution is -0.129. The van der Waals surface area contributed by atoms with E-state index in [-0.39, 0.29) is 5.91 Å². The number of nitrogens with zero attached hydrogens (tertiary/aromatic N) is 8. The van der Waals surface area contributed by atoms with Crippen LogP contribution in [0.1, 0.15) is 17.8 Å². The first-order valence-corrected chi connectivity index (χ1v) is 8.87. The van der Waals surface area contributed by atoms with Gasteiger partial charge < -0.3 is 4.90 Å². The topological polar surface area (TPSA) is 84.5 Å². The van der Waals surface area contributed by atoms with Crippen molar-refractivity contribution in [1.82, 2.24) is 39.4 Å². The second kappa shape index (κ2) is 6.92. The highest BCUT2D eigenvalue weighted by molar-refractivity contribution is 5.78. The van der Waals surface area contributed by atoms with Crippen LogP contribution < -0.4 is 0 Å². The van der Waals surface area contributed by atoms with E-state index in [1.165, 1.54) is 5.57 Å². The lowest BCUT2D eigenvalue weighted by atomic mass is 10.0. The summed E-state index contributed by atoms with van der Waals surface area (Å²) in [6, 6.07) is 3.76. The molecule has 27 heavy (non-hydrogen) atoms. The zero-order valence-corrected chi connectivity index (χ0v) is 15.7. The van der Waals surface area contributed by atoms with Gasteiger partial charge in [-0.3, -0.25) is 9.69 Å². The number of hydrogen-bond acceptors (Lipinski definition) is 6. The van der Waals surface area contributed by atoms with Crippen LogP contribution in [0.3, 0.4) is 0 Å². The van der Waals surface area contributed by atoms with Gasteiger partial charge in [-0.15, -0.1) is 15.3 Å². The second-order valence-electron chi connectivity index (χ2n) is 6.88. The van der Waals surface area contributed by atoms with E-state index >= 15 is 0 Å². The third-order valence-corrected chi connectivity index (χ3v) is 4.74. The predicted molar refractivity (Wildman–Crippen MR) is 100 cm³/mol. The summed E-state index contributed by atoms with van der Waals surface area (Å²) in [7, 11) is 3.57. The average molecular weight is 366 g/mol. The molecule has 0 radical (unpaired) electrons. The van der Waals surface area contributed by atoms with Gasteiger partial charge in [0.1, 0.15) is 0 Å². The highest BCUT2D eigenvalue weighted by Crippen LogP contribution is 2.22. The van der Waals surface area contributed by atoms with E-state index < -0.39 is 0 Å². The lowest BCUT2D eigenvalue weighted by Gasteiger charge is -2.26. The first kappa shape index (κ1) is 17.3. The molecule has 1 aliphatic heterocycles. The van der Waals surface area contributed by atoms with Crippen LogP contribution in [0.5, 0.6) is 0 Å². The van der Waals surface area contributed by atoms with Gasteiger partial charge in [0.25, 0.3) is 0 Å². The molecule has 1 amide bonds. The molecule has 9 heteroatoms. The number of amides is 1. The fourth-order valence-electron chi connectivity index (χ4n) is 3.07. The van der Waals surface area contributed by atoms with Gasteiger partial charge in [0, 0.05) is 38.9 Å². The molecule has 9 nitrogen and oxygen atoms in total. The summed E-state index contributed by atoms with van der Waals surface area (Å²) < 4.78 is 3.47. The van der Waals surface area contributed by atoms with Crippen LogP contribution in [0.4, 0.5) is 0 Å². The Morgan fingerprint density at radius 2 is 2.11 bits per heavy atom. The summed E-state index contributed by atoms with van der Waals surface area (Å²) in [5.74, 6) is 1.58. The molecule has 0 spiro atoms. The fourth-order valence-corrected chi connectivity index (χ4v) is 3.07. The molecule has 4 rings (SSSR count). The van der Waals surface area contributed by atoms with Gasteiger partial charge >= 0.3 is 0 Å². The molecule has 0 aliphatic carbocycles. The first-order valence-electron chi connectivity index (χ1n) is 8.87. The summed E-state index contributed by atoms with van der Waals surface area (Å²) in [6.45, 7) is 3.95. The summed E-state index contributed by atoms with van der Waals surface area (Å²) in [5, 5.41) is 17.1. The van der Waals surface area contributed by atoms with Crippen LogP contribution in [0.25, 0.3) is 17.0 Å². The Morgan fingerprint density at radius 3 is 2.85 bits per heavy atom. The van der Waals surface area contributed by atoms with Crippen LogP contribution in [0, 0.1) is 6.92 Å². The molecule has 0 saturated heterocycles. The number of carbonyl (C=O) groups is 1. The summed E-state index contributed by atoms with van der Waals surface area (Å²) in [5.41, 5.74) is 3.04. The molecule has 4 heterocycles. The van der Waals surface area contributed by atoms with E-state index in [0.29, 0.717) is 18.0 Å². The molecular weight excluding hydrogens is 344 g/mol. The molecule has 0 unspecified atom stereocenters. The van der Waals surface area contributed by atoms with Crippen molar-refractivity contribution in [3.05, 3.63) is 42.0 Å². The Hall–Kier alpha value is -3.07. The maximum atomic E-state index is 11.9. The molecule has 0 saturated carbocycles. The summed E-state index contributed by atoms with van der Waals surface area (Å²) >= 11 is 0. The van der Waals surface area contributed by atoms with Crippen LogP contribution in [-0.4, -0.2) is 79.0 Å². The van der Waals surface area contributed by atoms with E-state index in [1.54, 1.807) is 28.2 Å². The minimum Gasteiger partial charge on any atom is -0.348 e. The normalized spacial score (nSPS) is 15.1. The molecule has 3 aromatic heterocycles. The van der Waals surface area contributed by atoms with Gasteiger partial charge in [-0.25, -0.2) is 4.68 Å². The number of carbonyl (C=O) groups excluding carboxylic acids is 1. The molecule has 0 bridgehead atoms. The fraction of sp³-hybridized carbons (Fsp3) is 0.389. The SMILES string of the molecule is Cc1nnc2ccc(-n3cc(C4=CCN(CC(=O)N(C)C)CC4)cn3)nn12. The summed E-state index contributed by atoms with van der Waals surface area (Å²) in [4.78, 5) is 15.6. The van der Waals surface area contributed by atoms with E-state index in [2.05, 4.69) is 31.4 Å². The van der Waals surface area contributed by atoms with Crippen LogP contribution in [0.2, 0.25) is 0 Å². The maximum absolute atomic E-state index is 11.9. The van der Waals surface area contributed by atoms with E-state index in [0.717, 1.165) is 30.9 Å². The van der Waals surface area contributed by atoms with Crippen LogP contribution >= 0.6 is 0 Å². The zero-order valence-electron chi connectivity index (χ0n) is 15.7. The average Bonchev–Trinajstić information content (AvgIpc) is 3.29. The van der Waals surface area contributed by atoms with E-state index in [4.69, 9.17) is 0 Å². The minimum atomic E-state index is 0.130. The van der Waals surface area contributed by atoms with E-state index in [9.17, 15) is 4.79 Å².